The highest BCUT2D eigenvalue weighted by atomic mass is 19.4. The number of phenolic OH excluding ortho intramolecular Hbond substituents is 1. The van der Waals surface area contributed by atoms with Crippen LogP contribution in [0, 0.1) is 0 Å². The van der Waals surface area contributed by atoms with Crippen LogP contribution in [0.2, 0.25) is 0 Å². The van der Waals surface area contributed by atoms with Crippen molar-refractivity contribution in [2.75, 3.05) is 0 Å². The minimum Gasteiger partial charge on any atom is -0.507 e. The number of aromatic hydroxyl groups is 1. The molecule has 0 unspecified atom stereocenters. The largest absolute Gasteiger partial charge is 0.507 e. The van der Waals surface area contributed by atoms with Gasteiger partial charge in [0.25, 0.3) is 0 Å². The van der Waals surface area contributed by atoms with Crippen LogP contribution in [0.4, 0.5) is 13.2 Å². The van der Waals surface area contributed by atoms with Crippen LogP contribution in [0.3, 0.4) is 0 Å². The summed E-state index contributed by atoms with van der Waals surface area (Å²) >= 11 is 0. The molecule has 1 aliphatic heterocycles. The lowest BCUT2D eigenvalue weighted by Crippen LogP contribution is -2.30. The lowest BCUT2D eigenvalue weighted by Gasteiger charge is -2.30. The molecule has 6 heteroatoms. The van der Waals surface area contributed by atoms with Crippen molar-refractivity contribution < 1.29 is 27.8 Å². The normalized spacial score (nSPS) is 18.0. The van der Waals surface area contributed by atoms with Gasteiger partial charge < -0.3 is 9.84 Å². The molecule has 0 spiro atoms. The van der Waals surface area contributed by atoms with Crippen LogP contribution in [0.5, 0.6) is 11.5 Å². The van der Waals surface area contributed by atoms with Crippen molar-refractivity contribution in [3.8, 4) is 11.5 Å². The lowest BCUT2D eigenvalue weighted by atomic mass is 9.75. The molecule has 0 bridgehead atoms. The zero-order valence-electron chi connectivity index (χ0n) is 21.3. The Balaban J connectivity index is 1.87. The van der Waals surface area contributed by atoms with Crippen molar-refractivity contribution >= 4 is 5.78 Å². The summed E-state index contributed by atoms with van der Waals surface area (Å²) in [7, 11) is 0. The van der Waals surface area contributed by atoms with Gasteiger partial charge in [-0.25, -0.2) is 0 Å². The Morgan fingerprint density at radius 3 is 1.86 bits per heavy atom. The van der Waals surface area contributed by atoms with E-state index in [2.05, 4.69) is 0 Å². The predicted molar refractivity (Wildman–Crippen MR) is 134 cm³/mol. The summed E-state index contributed by atoms with van der Waals surface area (Å²) in [4.78, 5) is 13.6. The molecule has 3 aromatic carbocycles. The van der Waals surface area contributed by atoms with Crippen LogP contribution < -0.4 is 4.74 Å². The SMILES string of the molecule is CC(C)(C)c1cc([C@H]2c3ccccc3O[C@@H]2C(=O)c2ccc(C(F)(F)F)cc2)cc(C(C)(C)C)c1O. The highest BCUT2D eigenvalue weighted by Gasteiger charge is 2.42. The van der Waals surface area contributed by atoms with Crippen LogP contribution >= 0.6 is 0 Å². The monoisotopic (exact) mass is 496 g/mol. The van der Waals surface area contributed by atoms with Gasteiger partial charge in [-0.05, 0) is 45.7 Å². The summed E-state index contributed by atoms with van der Waals surface area (Å²) in [5, 5.41) is 11.2. The van der Waals surface area contributed by atoms with Gasteiger partial charge in [0.05, 0.1) is 11.5 Å². The molecule has 0 aliphatic carbocycles. The zero-order chi connectivity index (χ0) is 26.6. The number of alkyl halides is 3. The molecule has 3 nitrogen and oxygen atoms in total. The van der Waals surface area contributed by atoms with E-state index in [1.54, 1.807) is 6.07 Å². The second-order valence-corrected chi connectivity index (χ2v) is 11.5. The molecule has 190 valence electrons. The third-order valence-corrected chi connectivity index (χ3v) is 6.67. The molecule has 3 aromatic rings. The highest BCUT2D eigenvalue weighted by molar-refractivity contribution is 6.01. The van der Waals surface area contributed by atoms with Gasteiger partial charge in [-0.3, -0.25) is 4.79 Å². The molecular weight excluding hydrogens is 465 g/mol. The number of halogens is 3. The van der Waals surface area contributed by atoms with Gasteiger partial charge in [0.15, 0.2) is 6.10 Å². The Morgan fingerprint density at radius 2 is 1.36 bits per heavy atom. The van der Waals surface area contributed by atoms with Gasteiger partial charge in [-0.2, -0.15) is 13.2 Å². The second-order valence-electron chi connectivity index (χ2n) is 11.5. The lowest BCUT2D eigenvalue weighted by molar-refractivity contribution is -0.137. The molecular formula is C30H31F3O3. The fraction of sp³-hybridized carbons (Fsp3) is 0.367. The standard InChI is InChI=1S/C30H31F3O3/c1-28(2,3)21-15-18(16-22(26(21)35)29(4,5)6)24-20-9-7-8-10-23(20)36-27(24)25(34)17-11-13-19(14-12-17)30(31,32)33/h7-16,24,27,35H,1-6H3/t24-,27-/m0/s1. The van der Waals surface area contributed by atoms with Gasteiger partial charge in [0, 0.05) is 11.1 Å². The fourth-order valence-corrected chi connectivity index (χ4v) is 4.74. The molecule has 0 saturated heterocycles. The summed E-state index contributed by atoms with van der Waals surface area (Å²) in [5.41, 5.74) is 1.76. The smallest absolute Gasteiger partial charge is 0.416 e. The third kappa shape index (κ3) is 4.73. The van der Waals surface area contributed by atoms with Crippen LogP contribution in [0.1, 0.15) is 85.6 Å². The number of Topliss-reactive ketones (excluding diaryl/α,β-unsaturated/α-hetero) is 1. The zero-order valence-corrected chi connectivity index (χ0v) is 21.3. The third-order valence-electron chi connectivity index (χ3n) is 6.67. The van der Waals surface area contributed by atoms with Crippen LogP contribution in [-0.4, -0.2) is 17.0 Å². The molecule has 4 rings (SSSR count). The van der Waals surface area contributed by atoms with Crippen molar-refractivity contribution in [3.05, 3.63) is 94.0 Å². The number of ether oxygens (including phenoxy) is 1. The number of hydrogen-bond acceptors (Lipinski definition) is 3. The van der Waals surface area contributed by atoms with E-state index < -0.39 is 29.5 Å². The molecule has 0 fully saturated rings. The summed E-state index contributed by atoms with van der Waals surface area (Å²) in [5.74, 6) is -0.0848. The Labute approximate surface area is 209 Å². The van der Waals surface area contributed by atoms with Crippen molar-refractivity contribution in [2.24, 2.45) is 0 Å². The minimum atomic E-state index is -4.48. The van der Waals surface area contributed by atoms with Gasteiger partial charge in [-0.15, -0.1) is 0 Å². The Kier molecular flexibility index (Phi) is 6.22. The molecule has 0 saturated carbocycles. The summed E-state index contributed by atoms with van der Waals surface area (Å²) in [6, 6.07) is 15.5. The maximum Gasteiger partial charge on any atom is 0.416 e. The molecule has 1 aliphatic rings. The fourth-order valence-electron chi connectivity index (χ4n) is 4.74. The van der Waals surface area contributed by atoms with E-state index in [1.807, 2.05) is 71.9 Å². The van der Waals surface area contributed by atoms with E-state index >= 15 is 0 Å². The quantitative estimate of drug-likeness (QED) is 0.377. The summed E-state index contributed by atoms with van der Waals surface area (Å²) < 4.78 is 45.3. The number of fused-ring (bicyclic) bond motifs is 1. The Hall–Kier alpha value is -3.28. The Bertz CT molecular complexity index is 1260. The average Bonchev–Trinajstić information content (AvgIpc) is 3.16. The first-order valence-electron chi connectivity index (χ1n) is 11.9. The van der Waals surface area contributed by atoms with Crippen molar-refractivity contribution in [1.29, 1.82) is 0 Å². The number of para-hydroxylation sites is 1. The topological polar surface area (TPSA) is 46.5 Å². The molecule has 2 atom stereocenters. The number of carbonyl (C=O) groups excluding carboxylic acids is 1. The van der Waals surface area contributed by atoms with E-state index in [-0.39, 0.29) is 22.1 Å². The number of benzene rings is 3. The van der Waals surface area contributed by atoms with E-state index in [4.69, 9.17) is 4.74 Å². The molecule has 0 radical (unpaired) electrons. The van der Waals surface area contributed by atoms with Crippen LogP contribution in [0.25, 0.3) is 0 Å². The number of ketones is 1. The molecule has 0 amide bonds. The first kappa shape index (κ1) is 25.8. The van der Waals surface area contributed by atoms with E-state index in [0.717, 1.165) is 34.4 Å². The first-order chi connectivity index (χ1) is 16.6. The summed E-state index contributed by atoms with van der Waals surface area (Å²) in [6.45, 7) is 12.1. The number of hydrogen-bond donors (Lipinski definition) is 1. The second kappa shape index (κ2) is 8.68. The molecule has 0 aromatic heterocycles. The summed E-state index contributed by atoms with van der Waals surface area (Å²) in [6.07, 6.45) is -5.44. The number of carbonyl (C=O) groups is 1. The molecule has 36 heavy (non-hydrogen) atoms. The van der Waals surface area contributed by atoms with Crippen molar-refractivity contribution in [3.63, 3.8) is 0 Å². The van der Waals surface area contributed by atoms with Gasteiger partial charge in [-0.1, -0.05) is 84.0 Å². The molecule has 1 N–H and O–H groups in total. The predicted octanol–water partition coefficient (Wildman–Crippen LogP) is 7.78. The first-order valence-corrected chi connectivity index (χ1v) is 11.9. The average molecular weight is 497 g/mol. The van der Waals surface area contributed by atoms with E-state index in [0.29, 0.717) is 5.75 Å². The van der Waals surface area contributed by atoms with Gasteiger partial charge >= 0.3 is 6.18 Å². The molecule has 1 heterocycles. The minimum absolute atomic E-state index is 0.150. The number of rotatable bonds is 3. The van der Waals surface area contributed by atoms with Crippen molar-refractivity contribution in [2.45, 2.75) is 70.6 Å². The van der Waals surface area contributed by atoms with Gasteiger partial charge in [0.1, 0.15) is 11.5 Å². The maximum absolute atomic E-state index is 13.6. The van der Waals surface area contributed by atoms with Crippen LogP contribution in [0.15, 0.2) is 60.7 Å². The van der Waals surface area contributed by atoms with E-state index in [9.17, 15) is 23.1 Å². The Morgan fingerprint density at radius 1 is 0.833 bits per heavy atom. The highest BCUT2D eigenvalue weighted by Crippen LogP contribution is 2.47. The van der Waals surface area contributed by atoms with Crippen molar-refractivity contribution in [1.82, 2.24) is 0 Å². The maximum atomic E-state index is 13.6. The number of phenols is 1. The van der Waals surface area contributed by atoms with Gasteiger partial charge in [0.2, 0.25) is 5.78 Å². The van der Waals surface area contributed by atoms with Crippen LogP contribution in [-0.2, 0) is 17.0 Å². The van der Waals surface area contributed by atoms with E-state index in [1.165, 1.54) is 12.1 Å².